The molecule has 0 radical (unpaired) electrons. The number of ether oxygens (including phenoxy) is 3. The standard InChI is InChI=1S/C20H23N3O6.BrH/c1-5-27-11-16-9-23(12(2)22-20(16)21)10-17(26)15-6-7-18(28-13(3)24)19(8-15)29-14(4)25;/h6-9,21H,5,10-11H2,1-4H3;1H. The van der Waals surface area contributed by atoms with E-state index in [9.17, 15) is 14.4 Å². The molecule has 1 aromatic carbocycles. The summed E-state index contributed by atoms with van der Waals surface area (Å²) in [6.07, 6.45) is 1.67. The van der Waals surface area contributed by atoms with Gasteiger partial charge in [0.2, 0.25) is 0 Å². The zero-order chi connectivity index (χ0) is 21.6. The van der Waals surface area contributed by atoms with E-state index in [1.807, 2.05) is 6.92 Å². The third-order valence-electron chi connectivity index (χ3n) is 3.85. The number of ketones is 1. The van der Waals surface area contributed by atoms with Crippen LogP contribution >= 0.6 is 17.0 Å². The van der Waals surface area contributed by atoms with Crippen molar-refractivity contribution in [3.63, 3.8) is 0 Å². The molecule has 0 fully saturated rings. The van der Waals surface area contributed by atoms with Gasteiger partial charge in [-0.15, -0.1) is 17.0 Å². The maximum absolute atomic E-state index is 12.8. The number of nitrogens with one attached hydrogen (secondary N) is 1. The number of nitrogens with zero attached hydrogens (tertiary/aromatic N) is 2. The molecule has 2 rings (SSSR count). The summed E-state index contributed by atoms with van der Waals surface area (Å²) in [7, 11) is 0. The van der Waals surface area contributed by atoms with Crippen LogP contribution in [0.4, 0.5) is 0 Å². The number of Topliss-reactive ketones (excluding diaryl/α,β-unsaturated/α-hetero) is 1. The quantitative estimate of drug-likeness (QED) is 0.349. The minimum atomic E-state index is -0.607. The summed E-state index contributed by atoms with van der Waals surface area (Å²) in [6, 6.07) is 4.23. The summed E-state index contributed by atoms with van der Waals surface area (Å²) < 4.78 is 17.0. The van der Waals surface area contributed by atoms with Crippen LogP contribution in [0.3, 0.4) is 0 Å². The van der Waals surface area contributed by atoms with Crippen LogP contribution in [0.15, 0.2) is 24.4 Å². The van der Waals surface area contributed by atoms with Gasteiger partial charge in [0.05, 0.1) is 13.2 Å². The lowest BCUT2D eigenvalue weighted by atomic mass is 10.1. The lowest BCUT2D eigenvalue weighted by Gasteiger charge is -2.13. The highest BCUT2D eigenvalue weighted by atomic mass is 79.9. The third-order valence-corrected chi connectivity index (χ3v) is 3.85. The van der Waals surface area contributed by atoms with Crippen LogP contribution in [0.2, 0.25) is 0 Å². The van der Waals surface area contributed by atoms with E-state index >= 15 is 0 Å². The van der Waals surface area contributed by atoms with E-state index in [4.69, 9.17) is 19.6 Å². The number of benzene rings is 1. The van der Waals surface area contributed by atoms with E-state index in [2.05, 4.69) is 4.98 Å². The first kappa shape index (κ1) is 25.2. The molecule has 0 bridgehead atoms. The van der Waals surface area contributed by atoms with Crippen molar-refractivity contribution in [2.24, 2.45) is 0 Å². The van der Waals surface area contributed by atoms with Gasteiger partial charge in [0.25, 0.3) is 0 Å². The molecule has 1 N–H and O–H groups in total. The van der Waals surface area contributed by atoms with Crippen molar-refractivity contribution in [1.29, 1.82) is 5.41 Å². The Morgan fingerprint density at radius 3 is 2.33 bits per heavy atom. The molecule has 10 heteroatoms. The van der Waals surface area contributed by atoms with Crippen molar-refractivity contribution >= 4 is 34.7 Å². The number of hydrogen-bond donors (Lipinski definition) is 1. The fourth-order valence-electron chi connectivity index (χ4n) is 2.52. The Morgan fingerprint density at radius 2 is 1.73 bits per heavy atom. The van der Waals surface area contributed by atoms with Crippen LogP contribution in [-0.2, 0) is 27.5 Å². The smallest absolute Gasteiger partial charge is 0.308 e. The Morgan fingerprint density at radius 1 is 1.10 bits per heavy atom. The molecule has 1 heterocycles. The average molecular weight is 482 g/mol. The monoisotopic (exact) mass is 481 g/mol. The summed E-state index contributed by atoms with van der Waals surface area (Å²) >= 11 is 0. The minimum absolute atomic E-state index is 0. The van der Waals surface area contributed by atoms with Crippen LogP contribution < -0.4 is 15.0 Å². The molecule has 1 aromatic heterocycles. The Balaban J connectivity index is 0.00000450. The number of carbonyl (C=O) groups is 3. The molecule has 0 atom stereocenters. The summed E-state index contributed by atoms with van der Waals surface area (Å²) in [4.78, 5) is 39.5. The van der Waals surface area contributed by atoms with Crippen molar-refractivity contribution in [3.8, 4) is 11.5 Å². The molecule has 0 amide bonds. The maximum Gasteiger partial charge on any atom is 0.308 e. The molecule has 162 valence electrons. The molecule has 2 aromatic rings. The minimum Gasteiger partial charge on any atom is -0.423 e. The zero-order valence-corrected chi connectivity index (χ0v) is 18.9. The van der Waals surface area contributed by atoms with E-state index in [0.717, 1.165) is 0 Å². The Bertz CT molecular complexity index is 1000. The van der Waals surface area contributed by atoms with Gasteiger partial charge in [-0.1, -0.05) is 0 Å². The third kappa shape index (κ3) is 6.89. The summed E-state index contributed by atoms with van der Waals surface area (Å²) in [5, 5.41) is 7.93. The fraction of sp³-hybridized carbons (Fsp3) is 0.350. The van der Waals surface area contributed by atoms with Crippen LogP contribution in [0.25, 0.3) is 0 Å². The normalized spacial score (nSPS) is 10.1. The molecular weight excluding hydrogens is 458 g/mol. The number of esters is 2. The van der Waals surface area contributed by atoms with Crippen LogP contribution in [0.1, 0.15) is 42.5 Å². The zero-order valence-electron chi connectivity index (χ0n) is 17.2. The van der Waals surface area contributed by atoms with Crippen LogP contribution in [0, 0.1) is 12.3 Å². The predicted molar refractivity (Wildman–Crippen MR) is 112 cm³/mol. The van der Waals surface area contributed by atoms with Crippen molar-refractivity contribution < 1.29 is 28.6 Å². The van der Waals surface area contributed by atoms with E-state index in [0.29, 0.717) is 18.0 Å². The van der Waals surface area contributed by atoms with E-state index in [1.54, 1.807) is 17.7 Å². The van der Waals surface area contributed by atoms with E-state index < -0.39 is 11.9 Å². The molecule has 0 unspecified atom stereocenters. The molecule has 0 aliphatic rings. The number of rotatable bonds is 8. The second-order valence-electron chi connectivity index (χ2n) is 6.20. The Labute approximate surface area is 184 Å². The maximum atomic E-state index is 12.8. The van der Waals surface area contributed by atoms with E-state index in [-0.39, 0.29) is 58.5 Å². The topological polar surface area (TPSA) is 121 Å². The first-order valence-corrected chi connectivity index (χ1v) is 8.94. The van der Waals surface area contributed by atoms with Gasteiger partial charge in [0.1, 0.15) is 5.82 Å². The molecule has 0 aliphatic heterocycles. The highest BCUT2D eigenvalue weighted by molar-refractivity contribution is 8.93. The largest absolute Gasteiger partial charge is 0.423 e. The van der Waals surface area contributed by atoms with Gasteiger partial charge in [-0.3, -0.25) is 19.8 Å². The molecule has 0 spiro atoms. The van der Waals surface area contributed by atoms with Crippen LogP contribution in [-0.4, -0.2) is 33.9 Å². The fourth-order valence-corrected chi connectivity index (χ4v) is 2.52. The predicted octanol–water partition coefficient (Wildman–Crippen LogP) is 2.52. The average Bonchev–Trinajstić information content (AvgIpc) is 2.63. The molecule has 9 nitrogen and oxygen atoms in total. The van der Waals surface area contributed by atoms with Gasteiger partial charge >= 0.3 is 11.9 Å². The second kappa shape index (κ2) is 11.4. The molecule has 0 saturated heterocycles. The lowest BCUT2D eigenvalue weighted by Crippen LogP contribution is -2.23. The summed E-state index contributed by atoms with van der Waals surface area (Å²) in [5.74, 6) is -0.927. The molecule has 30 heavy (non-hydrogen) atoms. The van der Waals surface area contributed by atoms with Crippen molar-refractivity contribution in [2.75, 3.05) is 6.61 Å². The Hall–Kier alpha value is -2.85. The molecule has 0 aliphatic carbocycles. The van der Waals surface area contributed by atoms with Gasteiger partial charge in [0, 0.05) is 37.8 Å². The number of carbonyl (C=O) groups excluding carboxylic acids is 3. The van der Waals surface area contributed by atoms with Gasteiger partial charge < -0.3 is 18.8 Å². The number of hydrogen-bond acceptors (Lipinski definition) is 8. The second-order valence-corrected chi connectivity index (χ2v) is 6.20. The van der Waals surface area contributed by atoms with Gasteiger partial charge in [-0.05, 0) is 32.0 Å². The van der Waals surface area contributed by atoms with Crippen LogP contribution in [0.5, 0.6) is 11.5 Å². The lowest BCUT2D eigenvalue weighted by molar-refractivity contribution is -0.134. The van der Waals surface area contributed by atoms with Gasteiger partial charge in [0.15, 0.2) is 22.8 Å². The highest BCUT2D eigenvalue weighted by Crippen LogP contribution is 2.29. The van der Waals surface area contributed by atoms with Crippen molar-refractivity contribution in [1.82, 2.24) is 9.55 Å². The number of aryl methyl sites for hydroxylation is 1. The highest BCUT2D eigenvalue weighted by Gasteiger charge is 2.16. The first-order valence-electron chi connectivity index (χ1n) is 8.94. The SMILES string of the molecule is Br.CCOCc1cn(CC(=O)c2ccc(OC(C)=O)c(OC(C)=O)c2)c(C)nc1=N. The van der Waals surface area contributed by atoms with Gasteiger partial charge in [-0.25, -0.2) is 4.98 Å². The molecule has 0 saturated carbocycles. The van der Waals surface area contributed by atoms with Crippen molar-refractivity contribution in [3.05, 3.63) is 46.8 Å². The first-order chi connectivity index (χ1) is 13.7. The summed E-state index contributed by atoms with van der Waals surface area (Å²) in [6.45, 7) is 6.67. The van der Waals surface area contributed by atoms with Crippen molar-refractivity contribution in [2.45, 2.75) is 40.8 Å². The number of aromatic nitrogens is 2. The summed E-state index contributed by atoms with van der Waals surface area (Å²) in [5.41, 5.74) is 0.934. The molecular formula is C20H24BrN3O6. The number of halogens is 1. The van der Waals surface area contributed by atoms with E-state index in [1.165, 1.54) is 32.0 Å². The Kier molecular flexibility index (Phi) is 9.54. The van der Waals surface area contributed by atoms with Gasteiger partial charge in [-0.2, -0.15) is 0 Å².